The number of aliphatic hydroxyl groups excluding tert-OH is 1. The molecule has 4 aromatic rings. The second kappa shape index (κ2) is 10.2. The van der Waals surface area contributed by atoms with Crippen LogP contribution in [0.3, 0.4) is 0 Å². The topological polar surface area (TPSA) is 121 Å². The molecule has 4 aromatic heterocycles. The van der Waals surface area contributed by atoms with Gasteiger partial charge in [-0.3, -0.25) is 19.4 Å². The lowest BCUT2D eigenvalue weighted by Crippen LogP contribution is -2.59. The molecule has 2 bridgehead atoms. The molecule has 7 heterocycles. The SMILES string of the molecule is C[C@H]1CN(C2COC2)CCN1c1ccc(Nc2cc(-c3ccnc(N4CCn5c(cc6c5[C@H]5C7C5[C@@H]67)C4=O)c3CO)cn(C)c2=O)nc1. The number of ether oxygens (including phenoxy) is 1. The van der Waals surface area contributed by atoms with Crippen LogP contribution < -0.4 is 20.7 Å². The molecular weight excluding hydrogens is 608 g/mol. The van der Waals surface area contributed by atoms with Crippen molar-refractivity contribution in [1.29, 1.82) is 0 Å². The van der Waals surface area contributed by atoms with Crippen molar-refractivity contribution in [2.75, 3.05) is 54.5 Å². The van der Waals surface area contributed by atoms with E-state index in [4.69, 9.17) is 4.74 Å². The minimum absolute atomic E-state index is 0.0778. The standard InChI is InChI=1S/C36H38N8O4/c1-19-14-41(22-17-48-18-22)7-8-42(19)21-3-4-28(38-13-21)39-26-11-20(15-40(2)35(26)46)23-5-6-37-34(25(23)16-45)44-10-9-43-27(36(44)47)12-24-29-30-31(29)32(30)33(24)43/h3-6,11-13,15,19,22,29-32,45H,7-10,14,16-18H2,1-2H3,(H,38,39)/t19-,29-,30?,31?,32-/m0/s1. The summed E-state index contributed by atoms with van der Waals surface area (Å²) in [5, 5.41) is 13.9. The number of amides is 1. The molecule has 3 aliphatic heterocycles. The number of carbonyl (C=O) groups excluding carboxylic acids is 1. The zero-order valence-corrected chi connectivity index (χ0v) is 27.0. The quantitative estimate of drug-likeness (QED) is 0.312. The fourth-order valence-corrected chi connectivity index (χ4v) is 9.07. The maximum atomic E-state index is 13.8. The van der Waals surface area contributed by atoms with Gasteiger partial charge in [0, 0.05) is 80.9 Å². The first-order valence-corrected chi connectivity index (χ1v) is 17.1. The zero-order valence-electron chi connectivity index (χ0n) is 27.0. The Morgan fingerprint density at radius 2 is 1.88 bits per heavy atom. The normalized spacial score (nSPS) is 27.0. The molecule has 4 fully saturated rings. The molecular formula is C36H38N8O4. The van der Waals surface area contributed by atoms with Crippen molar-refractivity contribution in [3.8, 4) is 11.1 Å². The molecule has 4 aliphatic carbocycles. The molecule has 2 N–H and O–H groups in total. The first kappa shape index (κ1) is 28.5. The number of nitrogens with one attached hydrogen (secondary N) is 1. The van der Waals surface area contributed by atoms with Crippen LogP contribution in [-0.4, -0.2) is 86.5 Å². The lowest BCUT2D eigenvalue weighted by molar-refractivity contribution is -0.0691. The van der Waals surface area contributed by atoms with Crippen LogP contribution >= 0.6 is 0 Å². The molecule has 2 saturated heterocycles. The van der Waals surface area contributed by atoms with Gasteiger partial charge >= 0.3 is 0 Å². The number of hydrogen-bond acceptors (Lipinski definition) is 9. The van der Waals surface area contributed by atoms with Crippen molar-refractivity contribution in [3.63, 3.8) is 0 Å². The first-order chi connectivity index (χ1) is 23.4. The number of carbonyl (C=O) groups is 1. The van der Waals surface area contributed by atoms with Gasteiger partial charge in [0.15, 0.2) is 0 Å². The highest BCUT2D eigenvalue weighted by atomic mass is 16.5. The maximum absolute atomic E-state index is 13.8. The summed E-state index contributed by atoms with van der Waals surface area (Å²) in [6.45, 7) is 7.73. The molecule has 12 nitrogen and oxygen atoms in total. The predicted octanol–water partition coefficient (Wildman–Crippen LogP) is 2.89. The molecule has 246 valence electrons. The summed E-state index contributed by atoms with van der Waals surface area (Å²) in [4.78, 5) is 43.0. The van der Waals surface area contributed by atoms with Crippen LogP contribution in [0.25, 0.3) is 11.1 Å². The van der Waals surface area contributed by atoms with Crippen LogP contribution in [0.2, 0.25) is 0 Å². The van der Waals surface area contributed by atoms with E-state index >= 15 is 0 Å². The summed E-state index contributed by atoms with van der Waals surface area (Å²) in [7, 11) is 1.71. The summed E-state index contributed by atoms with van der Waals surface area (Å²) in [5.74, 6) is 3.99. The van der Waals surface area contributed by atoms with Crippen LogP contribution in [0, 0.1) is 11.8 Å². The van der Waals surface area contributed by atoms with E-state index in [0.29, 0.717) is 58.9 Å². The predicted molar refractivity (Wildman–Crippen MR) is 180 cm³/mol. The Bertz CT molecular complexity index is 2040. The van der Waals surface area contributed by atoms with E-state index < -0.39 is 0 Å². The Morgan fingerprint density at radius 1 is 1.02 bits per heavy atom. The van der Waals surface area contributed by atoms with Crippen molar-refractivity contribution in [2.45, 2.75) is 44.0 Å². The molecule has 0 aromatic carbocycles. The zero-order chi connectivity index (χ0) is 32.4. The van der Waals surface area contributed by atoms with Crippen LogP contribution in [0.15, 0.2) is 53.7 Å². The van der Waals surface area contributed by atoms with Gasteiger partial charge in [-0.2, -0.15) is 0 Å². The molecule has 7 aliphatic rings. The van der Waals surface area contributed by atoms with Gasteiger partial charge in [0.1, 0.15) is 23.0 Å². The number of rotatable bonds is 7. The first-order valence-electron chi connectivity index (χ1n) is 17.1. The van der Waals surface area contributed by atoms with Crippen LogP contribution in [0.1, 0.15) is 46.1 Å². The Balaban J connectivity index is 0.906. The third kappa shape index (κ3) is 4.05. The smallest absolute Gasteiger partial charge is 0.276 e. The van der Waals surface area contributed by atoms with E-state index in [9.17, 15) is 14.7 Å². The number of nitrogens with zero attached hydrogens (tertiary/aromatic N) is 7. The molecule has 2 unspecified atom stereocenters. The van der Waals surface area contributed by atoms with Gasteiger partial charge in [-0.25, -0.2) is 9.97 Å². The van der Waals surface area contributed by atoms with Gasteiger partial charge in [-0.05, 0) is 66.1 Å². The van der Waals surface area contributed by atoms with Crippen molar-refractivity contribution in [2.24, 2.45) is 18.9 Å². The highest BCUT2D eigenvalue weighted by Gasteiger charge is 2.80. The van der Waals surface area contributed by atoms with E-state index in [1.54, 1.807) is 30.4 Å². The lowest BCUT2D eigenvalue weighted by Gasteiger charge is -2.46. The number of piperazine rings is 1. The molecule has 12 heteroatoms. The van der Waals surface area contributed by atoms with E-state index in [2.05, 4.69) is 42.6 Å². The van der Waals surface area contributed by atoms with Gasteiger partial charge in [0.05, 0.1) is 37.7 Å². The van der Waals surface area contributed by atoms with Crippen molar-refractivity contribution >= 4 is 28.9 Å². The second-order valence-corrected chi connectivity index (χ2v) is 14.3. The molecule has 0 radical (unpaired) electrons. The second-order valence-electron chi connectivity index (χ2n) is 14.3. The number of aromatic nitrogens is 4. The monoisotopic (exact) mass is 646 g/mol. The summed E-state index contributed by atoms with van der Waals surface area (Å²) in [6.07, 6.45) is 5.28. The third-order valence-electron chi connectivity index (χ3n) is 11.8. The van der Waals surface area contributed by atoms with E-state index in [1.807, 2.05) is 24.4 Å². The minimum atomic E-state index is -0.303. The Hall–Kier alpha value is -4.52. The summed E-state index contributed by atoms with van der Waals surface area (Å²) < 4.78 is 9.15. The fraction of sp³-hybridized carbons (Fsp3) is 0.444. The minimum Gasteiger partial charge on any atom is -0.392 e. The summed E-state index contributed by atoms with van der Waals surface area (Å²) in [6, 6.07) is 10.6. The van der Waals surface area contributed by atoms with Gasteiger partial charge in [-0.15, -0.1) is 0 Å². The van der Waals surface area contributed by atoms with Crippen LogP contribution in [0.4, 0.5) is 23.0 Å². The largest absolute Gasteiger partial charge is 0.392 e. The third-order valence-corrected chi connectivity index (χ3v) is 11.8. The number of hydrogen-bond donors (Lipinski definition) is 2. The van der Waals surface area contributed by atoms with Crippen LogP contribution in [0.5, 0.6) is 0 Å². The highest BCUT2D eigenvalue weighted by molar-refractivity contribution is 6.06. The van der Waals surface area contributed by atoms with Crippen molar-refractivity contribution in [1.82, 2.24) is 24.0 Å². The number of aryl methyl sites for hydroxylation is 1. The van der Waals surface area contributed by atoms with Gasteiger partial charge in [-0.1, -0.05) is 0 Å². The molecule has 3 atom stereocenters. The fourth-order valence-electron chi connectivity index (χ4n) is 9.07. The van der Waals surface area contributed by atoms with Crippen molar-refractivity contribution in [3.05, 3.63) is 81.8 Å². The number of anilines is 4. The van der Waals surface area contributed by atoms with E-state index in [0.717, 1.165) is 68.2 Å². The van der Waals surface area contributed by atoms with Gasteiger partial charge < -0.3 is 29.2 Å². The number of aliphatic hydroxyl groups is 1. The summed E-state index contributed by atoms with van der Waals surface area (Å²) >= 11 is 0. The molecule has 1 amide bonds. The highest BCUT2D eigenvalue weighted by Crippen LogP contribution is 2.88. The average molecular weight is 647 g/mol. The molecule has 0 spiro atoms. The summed E-state index contributed by atoms with van der Waals surface area (Å²) in [5.41, 5.74) is 6.71. The van der Waals surface area contributed by atoms with Crippen LogP contribution in [-0.2, 0) is 24.9 Å². The van der Waals surface area contributed by atoms with Gasteiger partial charge in [0.25, 0.3) is 11.5 Å². The average Bonchev–Trinajstić information content (AvgIpc) is 3.84. The number of fused-ring (bicyclic) bond motifs is 1. The number of pyridine rings is 3. The molecule has 11 rings (SSSR count). The Labute approximate surface area is 277 Å². The van der Waals surface area contributed by atoms with E-state index in [-0.39, 0.29) is 18.1 Å². The van der Waals surface area contributed by atoms with E-state index in [1.165, 1.54) is 15.8 Å². The lowest BCUT2D eigenvalue weighted by atomic mass is 10.0. The van der Waals surface area contributed by atoms with Gasteiger partial charge in [0.2, 0.25) is 0 Å². The maximum Gasteiger partial charge on any atom is 0.276 e. The molecule has 2 saturated carbocycles. The Kier molecular flexibility index (Phi) is 6.08. The Morgan fingerprint density at radius 3 is 2.60 bits per heavy atom. The van der Waals surface area contributed by atoms with Crippen molar-refractivity contribution < 1.29 is 14.6 Å². The molecule has 48 heavy (non-hydrogen) atoms.